The van der Waals surface area contributed by atoms with E-state index in [-0.39, 0.29) is 0 Å². The van der Waals surface area contributed by atoms with Gasteiger partial charge in [-0.3, -0.25) is 4.57 Å². The third-order valence-electron chi connectivity index (χ3n) is 2.77. The lowest BCUT2D eigenvalue weighted by Crippen LogP contribution is -2.31. The van der Waals surface area contributed by atoms with Crippen LogP contribution in [0.5, 0.6) is 0 Å². The van der Waals surface area contributed by atoms with Gasteiger partial charge in [-0.25, -0.2) is 9.55 Å². The van der Waals surface area contributed by atoms with Crippen LogP contribution in [0.1, 0.15) is 18.4 Å². The lowest BCUT2D eigenvalue weighted by Gasteiger charge is -1.96. The zero-order valence-corrected chi connectivity index (χ0v) is 9.07. The van der Waals surface area contributed by atoms with Gasteiger partial charge in [0, 0.05) is 6.92 Å². The van der Waals surface area contributed by atoms with Crippen molar-refractivity contribution in [1.82, 2.24) is 14.5 Å². The molecule has 0 fully saturated rings. The van der Waals surface area contributed by atoms with Crippen LogP contribution in [0.15, 0.2) is 6.33 Å². The third kappa shape index (κ3) is 1.03. The Morgan fingerprint density at radius 1 is 1.36 bits per heavy atom. The summed E-state index contributed by atoms with van der Waals surface area (Å²) in [6.45, 7) is 7.22. The van der Waals surface area contributed by atoms with Gasteiger partial charge < -0.3 is 0 Å². The number of aromatic nitrogens is 4. The molecule has 0 aromatic carbocycles. The maximum atomic E-state index is 4.30. The van der Waals surface area contributed by atoms with Crippen LogP contribution >= 0.6 is 0 Å². The number of hydrogen-bond acceptors (Lipinski definition) is 2. The molecule has 0 amide bonds. The highest BCUT2D eigenvalue weighted by Crippen LogP contribution is 2.13. The van der Waals surface area contributed by atoms with E-state index in [4.69, 9.17) is 0 Å². The van der Waals surface area contributed by atoms with Gasteiger partial charge in [0.25, 0.3) is 0 Å². The normalized spacial score (nSPS) is 11.1. The summed E-state index contributed by atoms with van der Waals surface area (Å²) in [4.78, 5) is 8.53. The second-order valence-corrected chi connectivity index (χ2v) is 3.48. The minimum Gasteiger partial charge on any atom is -0.256 e. The Bertz CT molecular complexity index is 484. The molecule has 2 aromatic rings. The number of fused-ring (bicyclic) bond motifs is 1. The molecule has 0 atom stereocenters. The van der Waals surface area contributed by atoms with Crippen molar-refractivity contribution in [2.45, 2.75) is 27.3 Å². The molecule has 4 nitrogen and oxygen atoms in total. The summed E-state index contributed by atoms with van der Waals surface area (Å²) in [5.41, 5.74) is 3.20. The number of nitrogens with zero attached hydrogens (tertiary/aromatic N) is 4. The Kier molecular flexibility index (Phi) is 1.98. The van der Waals surface area contributed by atoms with Crippen molar-refractivity contribution in [3.05, 3.63) is 17.8 Å². The van der Waals surface area contributed by atoms with E-state index < -0.39 is 0 Å². The van der Waals surface area contributed by atoms with Gasteiger partial charge in [-0.1, -0.05) is 4.98 Å². The maximum Gasteiger partial charge on any atom is 0.305 e. The summed E-state index contributed by atoms with van der Waals surface area (Å²) in [6.07, 6.45) is 1.62. The molecular weight excluding hydrogens is 176 g/mol. The van der Waals surface area contributed by atoms with E-state index in [1.165, 1.54) is 5.82 Å². The standard InChI is InChI=1S/C10H15N4/c1-5-14-8(3)13(4)10-9(14)7(2)11-6-12-10/h6H,5H2,1-4H3/q+1. The Labute approximate surface area is 83.2 Å². The van der Waals surface area contributed by atoms with Gasteiger partial charge in [0.15, 0.2) is 11.8 Å². The topological polar surface area (TPSA) is 34.6 Å². The fourth-order valence-electron chi connectivity index (χ4n) is 1.90. The van der Waals surface area contributed by atoms with E-state index in [9.17, 15) is 0 Å². The van der Waals surface area contributed by atoms with Crippen molar-refractivity contribution in [3.63, 3.8) is 0 Å². The molecule has 0 aliphatic heterocycles. The smallest absolute Gasteiger partial charge is 0.256 e. The van der Waals surface area contributed by atoms with Gasteiger partial charge in [-0.15, -0.1) is 0 Å². The van der Waals surface area contributed by atoms with E-state index in [0.717, 1.165) is 23.4 Å². The van der Waals surface area contributed by atoms with E-state index in [2.05, 4.69) is 32.9 Å². The third-order valence-corrected chi connectivity index (χ3v) is 2.77. The largest absolute Gasteiger partial charge is 0.305 e. The minimum absolute atomic E-state index is 0.956. The molecule has 0 aliphatic carbocycles. The van der Waals surface area contributed by atoms with Crippen LogP contribution in [-0.4, -0.2) is 14.5 Å². The van der Waals surface area contributed by atoms with Crippen molar-refractivity contribution in [2.75, 3.05) is 0 Å². The van der Waals surface area contributed by atoms with E-state index in [1.54, 1.807) is 6.33 Å². The van der Waals surface area contributed by atoms with Crippen molar-refractivity contribution in [2.24, 2.45) is 7.05 Å². The average Bonchev–Trinajstić information content (AvgIpc) is 2.43. The summed E-state index contributed by atoms with van der Waals surface area (Å²) in [5.74, 6) is 1.21. The van der Waals surface area contributed by atoms with Crippen LogP contribution in [0.25, 0.3) is 11.2 Å². The Hall–Kier alpha value is -1.45. The van der Waals surface area contributed by atoms with Gasteiger partial charge in [0.1, 0.15) is 0 Å². The Morgan fingerprint density at radius 2 is 2.07 bits per heavy atom. The first-order valence-electron chi connectivity index (χ1n) is 4.83. The molecule has 74 valence electrons. The zero-order valence-electron chi connectivity index (χ0n) is 9.07. The second kappa shape index (κ2) is 3.04. The molecular formula is C10H15N4+. The van der Waals surface area contributed by atoms with Crippen LogP contribution in [0, 0.1) is 13.8 Å². The molecule has 0 aliphatic rings. The van der Waals surface area contributed by atoms with Crippen LogP contribution in [0.4, 0.5) is 0 Å². The van der Waals surface area contributed by atoms with Crippen LogP contribution in [0.3, 0.4) is 0 Å². The van der Waals surface area contributed by atoms with Gasteiger partial charge in [-0.05, 0) is 13.8 Å². The lowest BCUT2D eigenvalue weighted by atomic mass is 10.4. The highest BCUT2D eigenvalue weighted by atomic mass is 15.2. The first-order chi connectivity index (χ1) is 6.66. The van der Waals surface area contributed by atoms with Gasteiger partial charge in [0.05, 0.1) is 19.3 Å². The molecule has 4 heteroatoms. The van der Waals surface area contributed by atoms with Crippen LogP contribution in [0.2, 0.25) is 0 Å². The quantitative estimate of drug-likeness (QED) is 0.627. The summed E-state index contributed by atoms with van der Waals surface area (Å²) < 4.78 is 4.35. The molecule has 0 saturated heterocycles. The van der Waals surface area contributed by atoms with E-state index in [0.29, 0.717) is 0 Å². The molecule has 2 heterocycles. The molecule has 0 spiro atoms. The Morgan fingerprint density at radius 3 is 2.71 bits per heavy atom. The SMILES string of the molecule is CCn1c(C)[n+](C)c2ncnc(C)c21. The van der Waals surface area contributed by atoms with E-state index in [1.807, 2.05) is 14.0 Å². The zero-order chi connectivity index (χ0) is 10.3. The monoisotopic (exact) mass is 191 g/mol. The number of hydrogen-bond donors (Lipinski definition) is 0. The lowest BCUT2D eigenvalue weighted by molar-refractivity contribution is -0.654. The summed E-state index contributed by atoms with van der Waals surface area (Å²) in [7, 11) is 2.04. The van der Waals surface area contributed by atoms with Crippen molar-refractivity contribution in [1.29, 1.82) is 0 Å². The van der Waals surface area contributed by atoms with Crippen LogP contribution in [-0.2, 0) is 13.6 Å². The highest BCUT2D eigenvalue weighted by molar-refractivity contribution is 5.70. The first-order valence-corrected chi connectivity index (χ1v) is 4.83. The maximum absolute atomic E-state index is 4.30. The first kappa shape index (κ1) is 9.12. The summed E-state index contributed by atoms with van der Waals surface area (Å²) in [5, 5.41) is 0. The molecule has 2 aromatic heterocycles. The predicted octanol–water partition coefficient (Wildman–Crippen LogP) is 0.893. The Balaban J connectivity index is 2.96. The molecule has 0 radical (unpaired) electrons. The average molecular weight is 191 g/mol. The van der Waals surface area contributed by atoms with Gasteiger partial charge >= 0.3 is 5.65 Å². The number of rotatable bonds is 1. The van der Waals surface area contributed by atoms with Gasteiger partial charge in [0.2, 0.25) is 5.82 Å². The van der Waals surface area contributed by atoms with Crippen molar-refractivity contribution in [3.8, 4) is 0 Å². The molecule has 0 saturated carbocycles. The molecule has 14 heavy (non-hydrogen) atoms. The van der Waals surface area contributed by atoms with Crippen molar-refractivity contribution >= 4 is 11.2 Å². The fourth-order valence-corrected chi connectivity index (χ4v) is 1.90. The van der Waals surface area contributed by atoms with Crippen molar-refractivity contribution < 1.29 is 4.57 Å². The number of aryl methyl sites for hydroxylation is 3. The fraction of sp³-hybridized carbons (Fsp3) is 0.500. The van der Waals surface area contributed by atoms with E-state index >= 15 is 0 Å². The molecule has 0 bridgehead atoms. The summed E-state index contributed by atoms with van der Waals surface area (Å²) in [6, 6.07) is 0. The number of imidazole rings is 1. The highest BCUT2D eigenvalue weighted by Gasteiger charge is 2.20. The van der Waals surface area contributed by atoms with Gasteiger partial charge in [-0.2, -0.15) is 0 Å². The molecule has 0 unspecified atom stereocenters. The minimum atomic E-state index is 0.956. The van der Waals surface area contributed by atoms with Crippen LogP contribution < -0.4 is 4.57 Å². The molecule has 2 rings (SSSR count). The second-order valence-electron chi connectivity index (χ2n) is 3.48. The predicted molar refractivity (Wildman–Crippen MR) is 53.9 cm³/mol. The molecule has 0 N–H and O–H groups in total. The summed E-state index contributed by atoms with van der Waals surface area (Å²) >= 11 is 0.